The molecule has 94 valence electrons. The molecular weight excluding hydrogens is 210 g/mol. The number of nitrogens with one attached hydrogen (secondary N) is 1. The summed E-state index contributed by atoms with van der Waals surface area (Å²) < 4.78 is 0. The van der Waals surface area contributed by atoms with E-state index in [1.807, 2.05) is 25.1 Å². The normalized spacial score (nSPS) is 18.9. The number of benzene rings is 1. The zero-order valence-electron chi connectivity index (χ0n) is 10.9. The number of phenolic OH excluding ortho intramolecular Hbond substituents is 1. The first-order valence-corrected chi connectivity index (χ1v) is 6.73. The fourth-order valence-corrected chi connectivity index (χ4v) is 2.71. The van der Waals surface area contributed by atoms with Crippen LogP contribution in [0.3, 0.4) is 0 Å². The van der Waals surface area contributed by atoms with Gasteiger partial charge in [-0.25, -0.2) is 0 Å². The number of hydrogen-bond donors (Lipinski definition) is 2. The van der Waals surface area contributed by atoms with Crippen LogP contribution in [-0.4, -0.2) is 11.1 Å². The lowest BCUT2D eigenvalue weighted by Crippen LogP contribution is -2.27. The molecule has 1 aromatic rings. The lowest BCUT2D eigenvalue weighted by Gasteiger charge is -2.29. The molecule has 0 heterocycles. The average molecular weight is 233 g/mol. The summed E-state index contributed by atoms with van der Waals surface area (Å²) in [5, 5.41) is 13.2. The summed E-state index contributed by atoms with van der Waals surface area (Å²) >= 11 is 0. The first kappa shape index (κ1) is 12.3. The third-order valence-electron chi connectivity index (χ3n) is 3.96. The summed E-state index contributed by atoms with van der Waals surface area (Å²) in [7, 11) is 0. The Hall–Kier alpha value is -1.18. The quantitative estimate of drug-likeness (QED) is 0.824. The van der Waals surface area contributed by atoms with Gasteiger partial charge < -0.3 is 10.4 Å². The second-order valence-electron chi connectivity index (χ2n) is 5.33. The van der Waals surface area contributed by atoms with Gasteiger partial charge in [0, 0.05) is 17.8 Å². The Bertz CT molecular complexity index is 369. The molecule has 17 heavy (non-hydrogen) atoms. The van der Waals surface area contributed by atoms with Gasteiger partial charge in [0.1, 0.15) is 5.75 Å². The molecule has 0 bridgehead atoms. The molecule has 0 spiro atoms. The van der Waals surface area contributed by atoms with Gasteiger partial charge in [0.2, 0.25) is 0 Å². The maximum Gasteiger partial charge on any atom is 0.120 e. The van der Waals surface area contributed by atoms with E-state index in [4.69, 9.17) is 0 Å². The highest BCUT2D eigenvalue weighted by atomic mass is 16.3. The summed E-state index contributed by atoms with van der Waals surface area (Å²) in [6.45, 7) is 4.18. The number of phenols is 1. The Morgan fingerprint density at radius 3 is 2.59 bits per heavy atom. The van der Waals surface area contributed by atoms with Gasteiger partial charge in [-0.2, -0.15) is 0 Å². The zero-order valence-corrected chi connectivity index (χ0v) is 10.9. The van der Waals surface area contributed by atoms with Gasteiger partial charge in [0.15, 0.2) is 0 Å². The predicted octanol–water partition coefficient (Wildman–Crippen LogP) is 4.08. The minimum absolute atomic E-state index is 0.380. The summed E-state index contributed by atoms with van der Waals surface area (Å²) in [4.78, 5) is 0. The number of hydrogen-bond acceptors (Lipinski definition) is 2. The van der Waals surface area contributed by atoms with Crippen molar-refractivity contribution in [1.29, 1.82) is 0 Å². The Kier molecular flexibility index (Phi) is 3.93. The van der Waals surface area contributed by atoms with Crippen LogP contribution in [0.25, 0.3) is 0 Å². The fourth-order valence-electron chi connectivity index (χ4n) is 2.71. The maximum absolute atomic E-state index is 9.68. The topological polar surface area (TPSA) is 32.3 Å². The van der Waals surface area contributed by atoms with Crippen molar-refractivity contribution in [2.75, 3.05) is 5.32 Å². The molecule has 1 fully saturated rings. The molecule has 2 N–H and O–H groups in total. The maximum atomic E-state index is 9.68. The van der Waals surface area contributed by atoms with E-state index in [9.17, 15) is 5.11 Å². The Morgan fingerprint density at radius 1 is 1.24 bits per heavy atom. The van der Waals surface area contributed by atoms with Crippen LogP contribution in [0, 0.1) is 12.8 Å². The van der Waals surface area contributed by atoms with Crippen molar-refractivity contribution in [1.82, 2.24) is 0 Å². The molecule has 0 radical (unpaired) electrons. The van der Waals surface area contributed by atoms with Crippen LogP contribution in [0.4, 0.5) is 5.69 Å². The molecule has 1 atom stereocenters. The Morgan fingerprint density at radius 2 is 1.94 bits per heavy atom. The van der Waals surface area contributed by atoms with Crippen LogP contribution >= 0.6 is 0 Å². The average Bonchev–Trinajstić information content (AvgIpc) is 2.35. The highest BCUT2D eigenvalue weighted by molar-refractivity contribution is 5.51. The van der Waals surface area contributed by atoms with E-state index in [1.54, 1.807) is 0 Å². The molecule has 2 rings (SSSR count). The zero-order chi connectivity index (χ0) is 12.3. The summed E-state index contributed by atoms with van der Waals surface area (Å²) in [5.41, 5.74) is 1.96. The van der Waals surface area contributed by atoms with Gasteiger partial charge in [-0.05, 0) is 44.2 Å². The van der Waals surface area contributed by atoms with Crippen molar-refractivity contribution in [2.24, 2.45) is 5.92 Å². The Labute approximate surface area is 104 Å². The minimum Gasteiger partial charge on any atom is -0.508 e. The largest absolute Gasteiger partial charge is 0.508 e. The first-order valence-electron chi connectivity index (χ1n) is 6.73. The predicted molar refractivity (Wildman–Crippen MR) is 72.5 cm³/mol. The van der Waals surface area contributed by atoms with Gasteiger partial charge in [0.05, 0.1) is 0 Å². The van der Waals surface area contributed by atoms with Gasteiger partial charge in [-0.15, -0.1) is 0 Å². The molecule has 0 aliphatic heterocycles. The molecule has 0 aromatic heterocycles. The monoisotopic (exact) mass is 233 g/mol. The summed E-state index contributed by atoms with van der Waals surface area (Å²) in [5.74, 6) is 1.16. The molecule has 2 heteroatoms. The third kappa shape index (κ3) is 3.15. The van der Waals surface area contributed by atoms with Crippen molar-refractivity contribution in [3.8, 4) is 5.75 Å². The van der Waals surface area contributed by atoms with Crippen molar-refractivity contribution >= 4 is 5.69 Å². The molecular formula is C15H23NO. The van der Waals surface area contributed by atoms with Crippen LogP contribution in [0.2, 0.25) is 0 Å². The van der Waals surface area contributed by atoms with Gasteiger partial charge in [0.25, 0.3) is 0 Å². The van der Waals surface area contributed by atoms with Crippen molar-refractivity contribution in [3.63, 3.8) is 0 Å². The molecule has 1 unspecified atom stereocenters. The van der Waals surface area contributed by atoms with E-state index in [2.05, 4.69) is 12.2 Å². The van der Waals surface area contributed by atoms with Crippen LogP contribution in [0.1, 0.15) is 44.6 Å². The molecule has 2 nitrogen and oxygen atoms in total. The van der Waals surface area contributed by atoms with Crippen molar-refractivity contribution in [2.45, 2.75) is 52.0 Å². The van der Waals surface area contributed by atoms with Crippen LogP contribution in [-0.2, 0) is 0 Å². The van der Waals surface area contributed by atoms with Crippen LogP contribution in [0.5, 0.6) is 5.75 Å². The van der Waals surface area contributed by atoms with Crippen molar-refractivity contribution < 1.29 is 5.11 Å². The highest BCUT2D eigenvalue weighted by Gasteiger charge is 2.19. The number of aromatic hydroxyl groups is 1. The first-order chi connectivity index (χ1) is 8.16. The van der Waals surface area contributed by atoms with E-state index in [1.165, 1.54) is 32.1 Å². The van der Waals surface area contributed by atoms with E-state index < -0.39 is 0 Å². The summed E-state index contributed by atoms with van der Waals surface area (Å²) in [6.07, 6.45) is 6.82. The highest BCUT2D eigenvalue weighted by Crippen LogP contribution is 2.29. The lowest BCUT2D eigenvalue weighted by molar-refractivity contribution is 0.328. The SMILES string of the molecule is Cc1ccc(NC(C)C2CCCCC2)cc1O. The lowest BCUT2D eigenvalue weighted by atomic mass is 9.84. The standard InChI is InChI=1S/C15H23NO/c1-11-8-9-14(10-15(11)17)16-12(2)13-6-4-3-5-7-13/h8-10,12-13,16-17H,3-7H2,1-2H3. The van der Waals surface area contributed by atoms with Crippen LogP contribution in [0.15, 0.2) is 18.2 Å². The van der Waals surface area contributed by atoms with Gasteiger partial charge >= 0.3 is 0 Å². The molecule has 1 aliphatic rings. The summed E-state index contributed by atoms with van der Waals surface area (Å²) in [6, 6.07) is 6.34. The van der Waals surface area contributed by atoms with Crippen molar-refractivity contribution in [3.05, 3.63) is 23.8 Å². The second kappa shape index (κ2) is 5.44. The number of aryl methyl sites for hydroxylation is 1. The molecule has 1 saturated carbocycles. The van der Waals surface area contributed by atoms with E-state index in [0.29, 0.717) is 11.8 Å². The third-order valence-corrected chi connectivity index (χ3v) is 3.96. The number of rotatable bonds is 3. The molecule has 1 aromatic carbocycles. The smallest absolute Gasteiger partial charge is 0.120 e. The molecule has 0 amide bonds. The van der Waals surface area contributed by atoms with E-state index in [0.717, 1.165) is 17.2 Å². The fraction of sp³-hybridized carbons (Fsp3) is 0.600. The minimum atomic E-state index is 0.380. The van der Waals surface area contributed by atoms with Crippen LogP contribution < -0.4 is 5.32 Å². The molecule has 0 saturated heterocycles. The molecule has 1 aliphatic carbocycles. The Balaban J connectivity index is 1.96. The van der Waals surface area contributed by atoms with E-state index in [-0.39, 0.29) is 0 Å². The van der Waals surface area contributed by atoms with Gasteiger partial charge in [-0.1, -0.05) is 25.3 Å². The van der Waals surface area contributed by atoms with Gasteiger partial charge in [-0.3, -0.25) is 0 Å². The second-order valence-corrected chi connectivity index (χ2v) is 5.33. The number of anilines is 1. The van der Waals surface area contributed by atoms with E-state index >= 15 is 0 Å².